The summed E-state index contributed by atoms with van der Waals surface area (Å²) in [6, 6.07) is 6.91. The third kappa shape index (κ3) is 4.57. The van der Waals surface area contributed by atoms with Crippen LogP contribution in [0.1, 0.15) is 5.56 Å². The molecule has 0 saturated heterocycles. The number of rotatable bonds is 3. The molecule has 0 fully saturated rings. The van der Waals surface area contributed by atoms with E-state index in [1.807, 2.05) is 0 Å². The molecule has 0 aliphatic heterocycles. The molecule has 2 rings (SSSR count). The largest absolute Gasteiger partial charge is 0.534 e. The van der Waals surface area contributed by atoms with Gasteiger partial charge in [0.15, 0.2) is 0 Å². The molecule has 0 saturated carbocycles. The Hall–Kier alpha value is -1.94. The van der Waals surface area contributed by atoms with E-state index in [1.54, 1.807) is 0 Å². The Balaban J connectivity index is 2.57. The fourth-order valence-electron chi connectivity index (χ4n) is 1.79. The van der Waals surface area contributed by atoms with Gasteiger partial charge in [-0.25, -0.2) is 0 Å². The average molecular weight is 405 g/mol. The topological polar surface area (TPSA) is 43.4 Å². The van der Waals surface area contributed by atoms with Crippen molar-refractivity contribution in [3.05, 3.63) is 53.1 Å². The Morgan fingerprint density at radius 1 is 0.840 bits per heavy atom. The second kappa shape index (κ2) is 6.41. The van der Waals surface area contributed by atoms with Crippen molar-refractivity contribution in [1.82, 2.24) is 0 Å². The predicted octanol–water partition coefficient (Wildman–Crippen LogP) is 5.25. The molecule has 0 aromatic heterocycles. The van der Waals surface area contributed by atoms with E-state index in [1.165, 1.54) is 24.3 Å². The summed E-state index contributed by atoms with van der Waals surface area (Å²) < 4.78 is 102. The van der Waals surface area contributed by atoms with Crippen molar-refractivity contribution in [3.63, 3.8) is 0 Å². The molecule has 0 aliphatic carbocycles. The van der Waals surface area contributed by atoms with Crippen LogP contribution in [0.3, 0.4) is 0 Å². The second-order valence-corrected chi connectivity index (χ2v) is 6.71. The lowest BCUT2D eigenvalue weighted by Crippen LogP contribution is -2.28. The van der Waals surface area contributed by atoms with Crippen molar-refractivity contribution in [3.8, 4) is 16.9 Å². The van der Waals surface area contributed by atoms with Crippen LogP contribution in [0.15, 0.2) is 42.5 Å². The Morgan fingerprint density at radius 3 is 1.88 bits per heavy atom. The van der Waals surface area contributed by atoms with Gasteiger partial charge in [0.05, 0.1) is 5.56 Å². The van der Waals surface area contributed by atoms with Crippen LogP contribution in [0.25, 0.3) is 11.1 Å². The molecule has 0 amide bonds. The highest BCUT2D eigenvalue weighted by Crippen LogP contribution is 2.37. The van der Waals surface area contributed by atoms with Crippen molar-refractivity contribution in [2.24, 2.45) is 0 Å². The van der Waals surface area contributed by atoms with Crippen molar-refractivity contribution in [2.75, 3.05) is 0 Å². The van der Waals surface area contributed by atoms with Gasteiger partial charge in [-0.15, -0.1) is 0 Å². The van der Waals surface area contributed by atoms with Gasteiger partial charge in [0.2, 0.25) is 0 Å². The fourth-order valence-corrected chi connectivity index (χ4v) is 2.36. The minimum atomic E-state index is -6.11. The van der Waals surface area contributed by atoms with Crippen molar-refractivity contribution >= 4 is 21.7 Å². The summed E-state index contributed by atoms with van der Waals surface area (Å²) in [5.41, 5.74) is -7.17. The van der Waals surface area contributed by atoms with Crippen LogP contribution in [0.4, 0.5) is 26.3 Å². The zero-order valence-electron chi connectivity index (χ0n) is 11.8. The first kappa shape index (κ1) is 19.4. The lowest BCUT2D eigenvalue weighted by atomic mass is 10.0. The van der Waals surface area contributed by atoms with E-state index in [-0.39, 0.29) is 22.2 Å². The Morgan fingerprint density at radius 2 is 1.40 bits per heavy atom. The van der Waals surface area contributed by atoms with Crippen LogP contribution < -0.4 is 4.18 Å². The Bertz CT molecular complexity index is 873. The van der Waals surface area contributed by atoms with Gasteiger partial charge in [-0.2, -0.15) is 34.8 Å². The smallest absolute Gasteiger partial charge is 0.376 e. The van der Waals surface area contributed by atoms with Gasteiger partial charge < -0.3 is 4.18 Å². The van der Waals surface area contributed by atoms with Crippen LogP contribution in [-0.4, -0.2) is 13.9 Å². The molecule has 25 heavy (non-hydrogen) atoms. The quantitative estimate of drug-likeness (QED) is 0.398. The molecule has 11 heteroatoms. The van der Waals surface area contributed by atoms with E-state index in [9.17, 15) is 34.8 Å². The van der Waals surface area contributed by atoms with Crippen LogP contribution in [0.5, 0.6) is 5.75 Å². The molecule has 0 radical (unpaired) electrons. The molecular formula is C14H7ClF6O3S. The summed E-state index contributed by atoms with van der Waals surface area (Å²) in [4.78, 5) is 0. The van der Waals surface area contributed by atoms with Crippen LogP contribution in [0, 0.1) is 0 Å². The molecule has 0 spiro atoms. The Kier molecular flexibility index (Phi) is 4.97. The number of halogens is 7. The molecular weight excluding hydrogens is 398 g/mol. The zero-order chi connectivity index (χ0) is 19.0. The van der Waals surface area contributed by atoms with Gasteiger partial charge in [-0.3, -0.25) is 0 Å². The van der Waals surface area contributed by atoms with Crippen molar-refractivity contribution < 1.29 is 38.9 Å². The normalized spacial score (nSPS) is 12.9. The minimum absolute atomic E-state index is 0.169. The first-order valence-corrected chi connectivity index (χ1v) is 8.07. The highest BCUT2D eigenvalue weighted by atomic mass is 35.5. The van der Waals surface area contributed by atoms with Gasteiger partial charge in [-0.1, -0.05) is 23.7 Å². The second-order valence-electron chi connectivity index (χ2n) is 4.73. The lowest BCUT2D eigenvalue weighted by Gasteiger charge is -2.14. The number of hydrogen-bond acceptors (Lipinski definition) is 3. The first-order valence-electron chi connectivity index (χ1n) is 6.28. The maximum atomic E-state index is 12.9. The molecule has 0 N–H and O–H groups in total. The molecule has 0 atom stereocenters. The van der Waals surface area contributed by atoms with E-state index < -0.39 is 33.1 Å². The van der Waals surface area contributed by atoms with Crippen LogP contribution in [-0.2, 0) is 16.3 Å². The van der Waals surface area contributed by atoms with E-state index in [2.05, 4.69) is 4.18 Å². The van der Waals surface area contributed by atoms with Gasteiger partial charge in [0, 0.05) is 5.02 Å². The van der Waals surface area contributed by atoms with E-state index in [0.29, 0.717) is 6.07 Å². The zero-order valence-corrected chi connectivity index (χ0v) is 13.4. The third-order valence-corrected chi connectivity index (χ3v) is 4.13. The summed E-state index contributed by atoms with van der Waals surface area (Å²) >= 11 is 5.66. The first-order chi connectivity index (χ1) is 11.3. The molecule has 0 bridgehead atoms. The maximum absolute atomic E-state index is 12.9. The highest BCUT2D eigenvalue weighted by molar-refractivity contribution is 7.88. The van der Waals surface area contributed by atoms with E-state index in [4.69, 9.17) is 11.6 Å². The van der Waals surface area contributed by atoms with Crippen LogP contribution in [0.2, 0.25) is 5.02 Å². The number of hydrogen-bond donors (Lipinski definition) is 0. The third-order valence-electron chi connectivity index (χ3n) is 2.90. The summed E-state index contributed by atoms with van der Waals surface area (Å²) in [5, 5.41) is 0.284. The molecule has 0 unspecified atom stereocenters. The number of alkyl halides is 6. The molecule has 0 aliphatic rings. The maximum Gasteiger partial charge on any atom is 0.534 e. The van der Waals surface area contributed by atoms with Gasteiger partial charge in [0.1, 0.15) is 5.75 Å². The molecule has 136 valence electrons. The monoisotopic (exact) mass is 404 g/mol. The number of benzene rings is 2. The van der Waals surface area contributed by atoms with E-state index >= 15 is 0 Å². The summed E-state index contributed by atoms with van der Waals surface area (Å²) in [5.74, 6) is -1.11. The lowest BCUT2D eigenvalue weighted by molar-refractivity contribution is -0.137. The van der Waals surface area contributed by atoms with Crippen LogP contribution >= 0.6 is 11.6 Å². The minimum Gasteiger partial charge on any atom is -0.376 e. The summed E-state index contributed by atoms with van der Waals surface area (Å²) in [6.07, 6.45) is -4.93. The predicted molar refractivity (Wildman–Crippen MR) is 77.5 cm³/mol. The Labute approximate surface area is 142 Å². The van der Waals surface area contributed by atoms with Crippen molar-refractivity contribution in [2.45, 2.75) is 11.7 Å². The average Bonchev–Trinajstić information content (AvgIpc) is 2.45. The van der Waals surface area contributed by atoms with Gasteiger partial charge in [-0.05, 0) is 41.5 Å². The van der Waals surface area contributed by atoms with Gasteiger partial charge >= 0.3 is 21.8 Å². The molecule has 2 aromatic rings. The fraction of sp³-hybridized carbons (Fsp3) is 0.143. The standard InChI is InChI=1S/C14H7ClF6O3S/c15-11-3-1-8(2-4-11)9-5-10(13(16,17)18)7-12(6-9)24-25(22,23)14(19,20)21/h1-7H. The summed E-state index contributed by atoms with van der Waals surface area (Å²) in [7, 11) is -6.11. The highest BCUT2D eigenvalue weighted by Gasteiger charge is 2.48. The molecule has 3 nitrogen and oxygen atoms in total. The molecule has 2 aromatic carbocycles. The van der Waals surface area contributed by atoms with E-state index in [0.717, 1.165) is 6.07 Å². The van der Waals surface area contributed by atoms with Gasteiger partial charge in [0.25, 0.3) is 0 Å². The van der Waals surface area contributed by atoms with Crippen molar-refractivity contribution in [1.29, 1.82) is 0 Å². The molecule has 0 heterocycles. The summed E-state index contributed by atoms with van der Waals surface area (Å²) in [6.45, 7) is 0. The SMILES string of the molecule is O=S(=O)(Oc1cc(-c2ccc(Cl)cc2)cc(C(F)(F)F)c1)C(F)(F)F.